The Hall–Kier alpha value is -1.66. The van der Waals surface area contributed by atoms with Gasteiger partial charge in [0.15, 0.2) is 5.69 Å². The highest BCUT2D eigenvalue weighted by molar-refractivity contribution is 7.07. The standard InChI is InChI=1S/C17H23N3O2S/c1-12(2)16-10-15(18-22-16)17(21)20-7-5-19(6-8-20)13(3)14-4-9-23-11-14/h4,9-13H,5-8H2,1-3H3/t13-/m0/s1. The molecule has 1 aliphatic rings. The third-order valence-electron chi connectivity index (χ3n) is 4.49. The van der Waals surface area contributed by atoms with Gasteiger partial charge in [0.05, 0.1) is 0 Å². The van der Waals surface area contributed by atoms with Crippen molar-refractivity contribution < 1.29 is 9.32 Å². The summed E-state index contributed by atoms with van der Waals surface area (Å²) < 4.78 is 5.24. The smallest absolute Gasteiger partial charge is 0.276 e. The Labute approximate surface area is 140 Å². The van der Waals surface area contributed by atoms with E-state index in [4.69, 9.17) is 4.52 Å². The third-order valence-corrected chi connectivity index (χ3v) is 5.19. The van der Waals surface area contributed by atoms with Gasteiger partial charge in [0.25, 0.3) is 5.91 Å². The number of nitrogens with zero attached hydrogens (tertiary/aromatic N) is 3. The number of amides is 1. The summed E-state index contributed by atoms with van der Waals surface area (Å²) in [7, 11) is 0. The Bertz CT molecular complexity index is 643. The quantitative estimate of drug-likeness (QED) is 0.861. The van der Waals surface area contributed by atoms with Gasteiger partial charge in [-0.2, -0.15) is 11.3 Å². The van der Waals surface area contributed by atoms with Crippen LogP contribution in [-0.2, 0) is 0 Å². The van der Waals surface area contributed by atoms with E-state index < -0.39 is 0 Å². The minimum atomic E-state index is -0.0245. The van der Waals surface area contributed by atoms with E-state index in [1.165, 1.54) is 5.56 Å². The summed E-state index contributed by atoms with van der Waals surface area (Å²) in [6.07, 6.45) is 0. The molecule has 23 heavy (non-hydrogen) atoms. The lowest BCUT2D eigenvalue weighted by Crippen LogP contribution is -2.49. The molecule has 0 unspecified atom stereocenters. The predicted octanol–water partition coefficient (Wildman–Crippen LogP) is 3.38. The molecule has 6 heteroatoms. The van der Waals surface area contributed by atoms with E-state index >= 15 is 0 Å². The van der Waals surface area contributed by atoms with Crippen molar-refractivity contribution in [3.63, 3.8) is 0 Å². The summed E-state index contributed by atoms with van der Waals surface area (Å²) >= 11 is 1.73. The fraction of sp³-hybridized carbons (Fsp3) is 0.529. The van der Waals surface area contributed by atoms with E-state index in [-0.39, 0.29) is 11.8 Å². The molecule has 5 nitrogen and oxygen atoms in total. The van der Waals surface area contributed by atoms with Crippen molar-refractivity contribution in [3.05, 3.63) is 39.9 Å². The van der Waals surface area contributed by atoms with Crippen LogP contribution in [0.3, 0.4) is 0 Å². The molecule has 1 atom stereocenters. The fourth-order valence-corrected chi connectivity index (χ4v) is 3.61. The molecule has 0 radical (unpaired) electrons. The minimum absolute atomic E-state index is 0.0245. The lowest BCUT2D eigenvalue weighted by atomic mass is 10.1. The predicted molar refractivity (Wildman–Crippen MR) is 90.8 cm³/mol. The average molecular weight is 333 g/mol. The molecule has 1 saturated heterocycles. The van der Waals surface area contributed by atoms with E-state index in [1.54, 1.807) is 17.4 Å². The van der Waals surface area contributed by atoms with Crippen LogP contribution in [0, 0.1) is 0 Å². The molecule has 1 aliphatic heterocycles. The number of carbonyl (C=O) groups excluding carboxylic acids is 1. The molecular formula is C17H23N3O2S. The maximum absolute atomic E-state index is 12.5. The molecule has 1 fully saturated rings. The normalized spacial score (nSPS) is 17.7. The lowest BCUT2D eigenvalue weighted by molar-refractivity contribution is 0.0573. The second-order valence-corrected chi connectivity index (χ2v) is 7.11. The van der Waals surface area contributed by atoms with Crippen LogP contribution in [0.15, 0.2) is 27.4 Å². The summed E-state index contributed by atoms with van der Waals surface area (Å²) in [6.45, 7) is 9.52. The van der Waals surface area contributed by atoms with Crippen LogP contribution in [-0.4, -0.2) is 47.0 Å². The number of thiophene rings is 1. The molecule has 0 saturated carbocycles. The van der Waals surface area contributed by atoms with Gasteiger partial charge in [-0.15, -0.1) is 0 Å². The molecule has 0 spiro atoms. The number of rotatable bonds is 4. The Morgan fingerprint density at radius 1 is 1.26 bits per heavy atom. The first-order valence-electron chi connectivity index (χ1n) is 8.08. The zero-order valence-corrected chi connectivity index (χ0v) is 14.7. The third kappa shape index (κ3) is 3.48. The first kappa shape index (κ1) is 16.2. The van der Waals surface area contributed by atoms with Crippen molar-refractivity contribution in [1.29, 1.82) is 0 Å². The molecular weight excluding hydrogens is 310 g/mol. The topological polar surface area (TPSA) is 49.6 Å². The number of carbonyl (C=O) groups is 1. The van der Waals surface area contributed by atoms with E-state index in [1.807, 2.05) is 18.7 Å². The molecule has 0 aliphatic carbocycles. The van der Waals surface area contributed by atoms with E-state index in [0.29, 0.717) is 11.7 Å². The number of hydrogen-bond acceptors (Lipinski definition) is 5. The zero-order valence-electron chi connectivity index (χ0n) is 13.9. The van der Waals surface area contributed by atoms with Gasteiger partial charge in [0.1, 0.15) is 5.76 Å². The monoisotopic (exact) mass is 333 g/mol. The summed E-state index contributed by atoms with van der Waals surface area (Å²) in [5, 5.41) is 8.24. The largest absolute Gasteiger partial charge is 0.360 e. The summed E-state index contributed by atoms with van der Waals surface area (Å²) in [5.74, 6) is 0.980. The molecule has 3 rings (SSSR count). The number of hydrogen-bond donors (Lipinski definition) is 0. The van der Waals surface area contributed by atoms with Gasteiger partial charge in [-0.3, -0.25) is 9.69 Å². The highest BCUT2D eigenvalue weighted by Gasteiger charge is 2.27. The van der Waals surface area contributed by atoms with Crippen LogP contribution >= 0.6 is 11.3 Å². The van der Waals surface area contributed by atoms with Crippen molar-refractivity contribution in [2.24, 2.45) is 0 Å². The average Bonchev–Trinajstić information content (AvgIpc) is 3.25. The van der Waals surface area contributed by atoms with Crippen LogP contribution in [0.2, 0.25) is 0 Å². The Balaban J connectivity index is 1.58. The molecule has 2 aromatic rings. The van der Waals surface area contributed by atoms with Crippen molar-refractivity contribution in [3.8, 4) is 0 Å². The van der Waals surface area contributed by atoms with Crippen LogP contribution in [0.4, 0.5) is 0 Å². The van der Waals surface area contributed by atoms with Gasteiger partial charge < -0.3 is 9.42 Å². The van der Waals surface area contributed by atoms with Crippen molar-refractivity contribution >= 4 is 17.2 Å². The highest BCUT2D eigenvalue weighted by atomic mass is 32.1. The van der Waals surface area contributed by atoms with Crippen LogP contribution < -0.4 is 0 Å². The van der Waals surface area contributed by atoms with Gasteiger partial charge in [0, 0.05) is 44.2 Å². The molecule has 0 bridgehead atoms. The molecule has 124 valence electrons. The van der Waals surface area contributed by atoms with Crippen molar-refractivity contribution in [2.45, 2.75) is 32.7 Å². The zero-order chi connectivity index (χ0) is 16.4. The SMILES string of the molecule is CC(C)c1cc(C(=O)N2CCN([C@@H](C)c3ccsc3)CC2)no1. The van der Waals surface area contributed by atoms with Gasteiger partial charge in [-0.25, -0.2) is 0 Å². The van der Waals surface area contributed by atoms with E-state index in [2.05, 4.69) is 33.8 Å². The number of aromatic nitrogens is 1. The first-order valence-corrected chi connectivity index (χ1v) is 9.02. The van der Waals surface area contributed by atoms with Crippen LogP contribution in [0.25, 0.3) is 0 Å². The van der Waals surface area contributed by atoms with Crippen molar-refractivity contribution in [2.75, 3.05) is 26.2 Å². The molecule has 1 amide bonds. The van der Waals surface area contributed by atoms with Crippen molar-refractivity contribution in [1.82, 2.24) is 15.0 Å². The fourth-order valence-electron chi connectivity index (χ4n) is 2.86. The molecule has 0 N–H and O–H groups in total. The minimum Gasteiger partial charge on any atom is -0.360 e. The molecule has 0 aromatic carbocycles. The summed E-state index contributed by atoms with van der Waals surface area (Å²) in [5.41, 5.74) is 1.78. The maximum atomic E-state index is 12.5. The Morgan fingerprint density at radius 3 is 2.57 bits per heavy atom. The Kier molecular flexibility index (Phi) is 4.82. The van der Waals surface area contributed by atoms with Crippen LogP contribution in [0.5, 0.6) is 0 Å². The van der Waals surface area contributed by atoms with E-state index in [9.17, 15) is 4.79 Å². The molecule has 2 aromatic heterocycles. The van der Waals surface area contributed by atoms with Gasteiger partial charge in [0.2, 0.25) is 0 Å². The second kappa shape index (κ2) is 6.84. The Morgan fingerprint density at radius 2 is 2.00 bits per heavy atom. The summed E-state index contributed by atoms with van der Waals surface area (Å²) in [6, 6.07) is 4.35. The number of piperazine rings is 1. The summed E-state index contributed by atoms with van der Waals surface area (Å²) in [4.78, 5) is 16.8. The lowest BCUT2D eigenvalue weighted by Gasteiger charge is -2.37. The van der Waals surface area contributed by atoms with E-state index in [0.717, 1.165) is 31.9 Å². The van der Waals surface area contributed by atoms with Gasteiger partial charge >= 0.3 is 0 Å². The van der Waals surface area contributed by atoms with Crippen LogP contribution in [0.1, 0.15) is 54.5 Å². The van der Waals surface area contributed by atoms with Gasteiger partial charge in [-0.05, 0) is 29.3 Å². The maximum Gasteiger partial charge on any atom is 0.276 e. The molecule has 3 heterocycles. The van der Waals surface area contributed by atoms with Gasteiger partial charge in [-0.1, -0.05) is 19.0 Å². The highest BCUT2D eigenvalue weighted by Crippen LogP contribution is 2.24. The first-order chi connectivity index (χ1) is 11.1. The second-order valence-electron chi connectivity index (χ2n) is 6.33.